The van der Waals surface area contributed by atoms with Crippen LogP contribution in [0.15, 0.2) is 84.9 Å². The highest BCUT2D eigenvalue weighted by Gasteiger charge is 2.25. The standard InChI is InChI=1S/C25H36O.C22H30/c1-7-8-9-10-11-16-26-24-15-14-23(18-21(24)4)25(5,6)22-13-12-19(2)20(3)17-22;1-5-7-8-19(6-2)22(20-13-9-17(3)10-14-20)21-15-11-18(4)12-16-21/h12-15,17-18H,7-11,16H2,1-6H3;9-16,19,22H,5-8H2,1-4H3. The molecule has 1 atom stereocenters. The van der Waals surface area contributed by atoms with Crippen LogP contribution in [0.1, 0.15) is 148 Å². The van der Waals surface area contributed by atoms with E-state index in [4.69, 9.17) is 4.74 Å². The van der Waals surface area contributed by atoms with Crippen LogP contribution in [0.5, 0.6) is 5.75 Å². The van der Waals surface area contributed by atoms with Gasteiger partial charge in [0.1, 0.15) is 5.75 Å². The van der Waals surface area contributed by atoms with Crippen LogP contribution in [0.3, 0.4) is 0 Å². The normalized spacial score (nSPS) is 12.1. The van der Waals surface area contributed by atoms with Crippen LogP contribution in [0.4, 0.5) is 0 Å². The van der Waals surface area contributed by atoms with Gasteiger partial charge in [0.2, 0.25) is 0 Å². The van der Waals surface area contributed by atoms with Crippen molar-refractivity contribution in [2.45, 2.75) is 138 Å². The smallest absolute Gasteiger partial charge is 0.122 e. The van der Waals surface area contributed by atoms with Crippen molar-refractivity contribution in [3.05, 3.63) is 135 Å². The summed E-state index contributed by atoms with van der Waals surface area (Å²) in [6.45, 7) is 23.2. The second-order valence-electron chi connectivity index (χ2n) is 14.8. The Morgan fingerprint density at radius 2 is 1.06 bits per heavy atom. The van der Waals surface area contributed by atoms with Crippen molar-refractivity contribution in [3.63, 3.8) is 0 Å². The molecule has 1 nitrogen and oxygen atoms in total. The maximum absolute atomic E-state index is 6.03. The van der Waals surface area contributed by atoms with E-state index < -0.39 is 0 Å². The molecule has 4 aromatic rings. The average Bonchev–Trinajstić information content (AvgIpc) is 3.08. The summed E-state index contributed by atoms with van der Waals surface area (Å²) >= 11 is 0. The van der Waals surface area contributed by atoms with E-state index in [1.54, 1.807) is 0 Å². The summed E-state index contributed by atoms with van der Waals surface area (Å²) in [5, 5.41) is 0. The van der Waals surface area contributed by atoms with Crippen molar-refractivity contribution in [1.82, 2.24) is 0 Å². The summed E-state index contributed by atoms with van der Waals surface area (Å²) in [6.07, 6.45) is 11.5. The Hall–Kier alpha value is -3.32. The van der Waals surface area contributed by atoms with E-state index in [1.807, 2.05) is 0 Å². The van der Waals surface area contributed by atoms with Crippen molar-refractivity contribution in [3.8, 4) is 5.75 Å². The van der Waals surface area contributed by atoms with Gasteiger partial charge in [-0.15, -0.1) is 0 Å². The summed E-state index contributed by atoms with van der Waals surface area (Å²) in [6, 6.07) is 31.8. The average molecular weight is 647 g/mol. The topological polar surface area (TPSA) is 9.23 Å². The lowest BCUT2D eigenvalue weighted by molar-refractivity contribution is 0.302. The zero-order valence-electron chi connectivity index (χ0n) is 32.2. The summed E-state index contributed by atoms with van der Waals surface area (Å²) in [5.41, 5.74) is 12.3. The molecule has 260 valence electrons. The van der Waals surface area contributed by atoms with E-state index in [2.05, 4.69) is 154 Å². The number of rotatable bonds is 16. The number of hydrogen-bond acceptors (Lipinski definition) is 1. The van der Waals surface area contributed by atoms with Gasteiger partial charge in [0, 0.05) is 11.3 Å². The molecule has 0 aliphatic heterocycles. The number of ether oxygens (including phenoxy) is 1. The Kier molecular flexibility index (Phi) is 16.0. The molecule has 4 rings (SSSR count). The molecule has 0 aliphatic rings. The van der Waals surface area contributed by atoms with Crippen molar-refractivity contribution in [2.24, 2.45) is 5.92 Å². The SMILES string of the molecule is CCCCC(CC)C(c1ccc(C)cc1)c1ccc(C)cc1.CCCCCCCOc1ccc(C(C)(C)c2ccc(C)c(C)c2)cc1C. The second kappa shape index (κ2) is 19.6. The first kappa shape index (κ1) is 39.1. The molecule has 4 aromatic carbocycles. The quantitative estimate of drug-likeness (QED) is 0.110. The minimum atomic E-state index is -0.0120. The highest BCUT2D eigenvalue weighted by atomic mass is 16.5. The van der Waals surface area contributed by atoms with Crippen LogP contribution in [0.25, 0.3) is 0 Å². The van der Waals surface area contributed by atoms with Gasteiger partial charge in [-0.25, -0.2) is 0 Å². The molecule has 0 aliphatic carbocycles. The minimum Gasteiger partial charge on any atom is -0.493 e. The van der Waals surface area contributed by atoms with Crippen molar-refractivity contribution < 1.29 is 4.74 Å². The lowest BCUT2D eigenvalue weighted by Gasteiger charge is -2.28. The van der Waals surface area contributed by atoms with Crippen LogP contribution in [-0.4, -0.2) is 6.61 Å². The molecule has 0 radical (unpaired) electrons. The highest BCUT2D eigenvalue weighted by Crippen LogP contribution is 2.37. The van der Waals surface area contributed by atoms with E-state index in [-0.39, 0.29) is 5.41 Å². The predicted octanol–water partition coefficient (Wildman–Crippen LogP) is 13.9. The van der Waals surface area contributed by atoms with Gasteiger partial charge in [-0.05, 0) is 98.4 Å². The minimum absolute atomic E-state index is 0.0120. The van der Waals surface area contributed by atoms with Crippen LogP contribution >= 0.6 is 0 Å². The Bertz CT molecular complexity index is 1450. The molecule has 0 saturated carbocycles. The van der Waals surface area contributed by atoms with Gasteiger partial charge in [-0.2, -0.15) is 0 Å². The number of hydrogen-bond donors (Lipinski definition) is 0. The molecule has 1 heteroatoms. The molecule has 0 N–H and O–H groups in total. The molecule has 0 bridgehead atoms. The maximum Gasteiger partial charge on any atom is 0.122 e. The van der Waals surface area contributed by atoms with Crippen molar-refractivity contribution in [2.75, 3.05) is 6.61 Å². The molecule has 1 unspecified atom stereocenters. The second-order valence-corrected chi connectivity index (χ2v) is 14.8. The summed E-state index contributed by atoms with van der Waals surface area (Å²) in [4.78, 5) is 0. The Labute approximate surface area is 295 Å². The van der Waals surface area contributed by atoms with Gasteiger partial charge in [-0.3, -0.25) is 0 Å². The monoisotopic (exact) mass is 647 g/mol. The summed E-state index contributed by atoms with van der Waals surface area (Å²) in [7, 11) is 0. The zero-order valence-corrected chi connectivity index (χ0v) is 32.2. The largest absolute Gasteiger partial charge is 0.493 e. The predicted molar refractivity (Wildman–Crippen MR) is 211 cm³/mol. The molecule has 0 amide bonds. The Morgan fingerprint density at radius 1 is 0.542 bits per heavy atom. The number of unbranched alkanes of at least 4 members (excludes halogenated alkanes) is 5. The van der Waals surface area contributed by atoms with Crippen LogP contribution in [0.2, 0.25) is 0 Å². The maximum atomic E-state index is 6.03. The summed E-state index contributed by atoms with van der Waals surface area (Å²) in [5.74, 6) is 2.28. The van der Waals surface area contributed by atoms with Crippen molar-refractivity contribution >= 4 is 0 Å². The van der Waals surface area contributed by atoms with Crippen LogP contribution in [-0.2, 0) is 5.41 Å². The summed E-state index contributed by atoms with van der Waals surface area (Å²) < 4.78 is 6.03. The van der Waals surface area contributed by atoms with Gasteiger partial charge in [0.05, 0.1) is 6.61 Å². The van der Waals surface area contributed by atoms with Gasteiger partial charge in [0.25, 0.3) is 0 Å². The van der Waals surface area contributed by atoms with Gasteiger partial charge < -0.3 is 4.74 Å². The molecule has 0 spiro atoms. The molecular formula is C47H66O. The van der Waals surface area contributed by atoms with Crippen LogP contribution < -0.4 is 4.74 Å². The first-order valence-corrected chi connectivity index (χ1v) is 19.0. The Balaban J connectivity index is 0.000000264. The molecule has 0 aromatic heterocycles. The van der Waals surface area contributed by atoms with Gasteiger partial charge in [-0.1, -0.05) is 170 Å². The molecule has 0 fully saturated rings. The third-order valence-electron chi connectivity index (χ3n) is 10.4. The van der Waals surface area contributed by atoms with E-state index >= 15 is 0 Å². The molecule has 0 heterocycles. The van der Waals surface area contributed by atoms with Crippen molar-refractivity contribution in [1.29, 1.82) is 0 Å². The Morgan fingerprint density at radius 3 is 1.56 bits per heavy atom. The first-order valence-electron chi connectivity index (χ1n) is 19.0. The fraction of sp³-hybridized carbons (Fsp3) is 0.489. The lowest BCUT2D eigenvalue weighted by atomic mass is 9.77. The fourth-order valence-corrected chi connectivity index (χ4v) is 6.74. The van der Waals surface area contributed by atoms with Crippen LogP contribution in [0, 0.1) is 40.5 Å². The number of aryl methyl sites for hydroxylation is 5. The van der Waals surface area contributed by atoms with Gasteiger partial charge in [0.15, 0.2) is 0 Å². The van der Waals surface area contributed by atoms with E-state index in [0.29, 0.717) is 5.92 Å². The van der Waals surface area contributed by atoms with E-state index in [1.165, 1.54) is 101 Å². The van der Waals surface area contributed by atoms with E-state index in [9.17, 15) is 0 Å². The zero-order chi connectivity index (χ0) is 35.1. The molecule has 48 heavy (non-hydrogen) atoms. The number of benzene rings is 4. The fourth-order valence-electron chi connectivity index (χ4n) is 6.74. The van der Waals surface area contributed by atoms with E-state index in [0.717, 1.165) is 24.7 Å². The first-order chi connectivity index (χ1) is 23.0. The molecule has 0 saturated heterocycles. The molecular weight excluding hydrogens is 581 g/mol. The third-order valence-corrected chi connectivity index (χ3v) is 10.4. The van der Waals surface area contributed by atoms with Gasteiger partial charge >= 0.3 is 0 Å². The third kappa shape index (κ3) is 11.4. The highest BCUT2D eigenvalue weighted by molar-refractivity contribution is 5.45. The lowest BCUT2D eigenvalue weighted by Crippen LogP contribution is -2.19.